The summed E-state index contributed by atoms with van der Waals surface area (Å²) < 4.78 is 133. The Hall–Kier alpha value is -0.297. The van der Waals surface area contributed by atoms with Gasteiger partial charge in [0.05, 0.1) is 0 Å². The van der Waals surface area contributed by atoms with Crippen LogP contribution in [0.3, 0.4) is 0 Å². The normalized spacial score (nSPS) is 16.2. The van der Waals surface area contributed by atoms with Crippen molar-refractivity contribution in [3.63, 3.8) is 0 Å². The molecule has 13 heteroatoms. The van der Waals surface area contributed by atoms with Gasteiger partial charge in [-0.05, 0) is 0 Å². The van der Waals surface area contributed by atoms with Crippen LogP contribution >= 0.6 is 0 Å². The third kappa shape index (κ3) is 2.31. The molecule has 0 aromatic heterocycles. The molecule has 17 heavy (non-hydrogen) atoms. The Morgan fingerprint density at radius 2 is 0.824 bits per heavy atom. The summed E-state index contributed by atoms with van der Waals surface area (Å²) in [6.45, 7) is 0. The zero-order valence-electron chi connectivity index (χ0n) is 7.04. The predicted octanol–water partition coefficient (Wildman–Crippen LogP) is 3.84. The van der Waals surface area contributed by atoms with Crippen molar-refractivity contribution in [3.8, 4) is 0 Å². The Labute approximate surface area is 88.4 Å². The first-order valence-corrected chi connectivity index (χ1v) is 6.70. The fourth-order valence-corrected chi connectivity index (χ4v) is 1.63. The van der Waals surface area contributed by atoms with Gasteiger partial charge in [0.25, 0.3) is 0 Å². The van der Waals surface area contributed by atoms with Crippen molar-refractivity contribution in [2.75, 3.05) is 0 Å². The molecule has 104 valence electrons. The van der Waals surface area contributed by atoms with E-state index in [2.05, 4.69) is 0 Å². The van der Waals surface area contributed by atoms with Crippen molar-refractivity contribution < 1.29 is 50.0 Å². The second kappa shape index (κ2) is 3.85. The van der Waals surface area contributed by atoms with E-state index in [-0.39, 0.29) is 0 Å². The van der Waals surface area contributed by atoms with Crippen molar-refractivity contribution in [2.24, 2.45) is 0 Å². The van der Waals surface area contributed by atoms with E-state index in [4.69, 9.17) is 0 Å². The fourth-order valence-electron chi connectivity index (χ4n) is 0.553. The van der Waals surface area contributed by atoms with Gasteiger partial charge in [0.15, 0.2) is 0 Å². The topological polar surface area (TPSA) is 0 Å². The SMILES string of the molecule is FC(F)(F)C(F)(F)C(F)(F)[C](F)(F)[Ge]([F])([F])[F]. The Morgan fingerprint density at radius 1 is 0.529 bits per heavy atom. The third-order valence-corrected chi connectivity index (χ3v) is 3.65. The summed E-state index contributed by atoms with van der Waals surface area (Å²) in [5.74, 6) is -15.1. The molecular weight excluding hydrogens is 349 g/mol. The average Bonchev–Trinajstić information content (AvgIpc) is 1.98. The molecular formula is C4F12Ge. The van der Waals surface area contributed by atoms with Gasteiger partial charge in [-0.2, -0.15) is 0 Å². The van der Waals surface area contributed by atoms with Crippen molar-refractivity contribution in [3.05, 3.63) is 0 Å². The number of alkyl halides is 9. The van der Waals surface area contributed by atoms with Crippen LogP contribution in [0.25, 0.3) is 0 Å². The minimum atomic E-state index is -9.30. The molecule has 0 aliphatic carbocycles. The molecule has 0 heterocycles. The van der Waals surface area contributed by atoms with Crippen LogP contribution in [-0.4, -0.2) is 37.4 Å². The van der Waals surface area contributed by atoms with E-state index in [1.165, 1.54) is 0 Å². The third-order valence-electron chi connectivity index (χ3n) is 1.50. The predicted molar refractivity (Wildman–Crippen MR) is 30.0 cm³/mol. The van der Waals surface area contributed by atoms with Crippen LogP contribution in [-0.2, 0) is 0 Å². The van der Waals surface area contributed by atoms with Crippen molar-refractivity contribution >= 4 is 14.7 Å². The molecule has 0 aliphatic rings. The molecule has 0 unspecified atom stereocenters. The second-order valence-electron chi connectivity index (χ2n) is 2.72. The number of hydrogen-bond donors (Lipinski definition) is 0. The van der Waals surface area contributed by atoms with Gasteiger partial charge >= 0.3 is 87.5 Å². The van der Waals surface area contributed by atoms with Crippen LogP contribution in [0.1, 0.15) is 0 Å². The standard InChI is InChI=1S/C4F12Ge/c5-1(6,3(9,10)11)2(7,8)4(12,13)17(14,15)16. The molecule has 0 aromatic rings. The molecule has 0 bridgehead atoms. The van der Waals surface area contributed by atoms with Gasteiger partial charge in [0.2, 0.25) is 0 Å². The summed E-state index contributed by atoms with van der Waals surface area (Å²) in [7, 11) is 0. The Bertz CT molecular complexity index is 254. The van der Waals surface area contributed by atoms with Crippen LogP contribution in [0.4, 0.5) is 50.0 Å². The van der Waals surface area contributed by atoms with E-state index >= 15 is 0 Å². The zero-order valence-corrected chi connectivity index (χ0v) is 9.13. The van der Waals surface area contributed by atoms with Crippen LogP contribution in [0, 0.1) is 0 Å². The molecule has 0 saturated heterocycles. The molecule has 0 aromatic carbocycles. The fraction of sp³-hybridized carbons (Fsp3) is 1.00. The van der Waals surface area contributed by atoms with Gasteiger partial charge < -0.3 is 0 Å². The zero-order chi connectivity index (χ0) is 14.5. The number of rotatable bonds is 3. The summed E-state index contributed by atoms with van der Waals surface area (Å²) >= 11 is -9.30. The summed E-state index contributed by atoms with van der Waals surface area (Å²) in [6.07, 6.45) is -7.23. The van der Waals surface area contributed by atoms with Gasteiger partial charge in [-0.3, -0.25) is 0 Å². The first-order chi connectivity index (χ1) is 7.00. The number of hydrogen-bond acceptors (Lipinski definition) is 0. The molecule has 0 nitrogen and oxygen atoms in total. The molecule has 0 fully saturated rings. The summed E-state index contributed by atoms with van der Waals surface area (Å²) in [5.41, 5.74) is 0. The Morgan fingerprint density at radius 3 is 1.00 bits per heavy atom. The van der Waals surface area contributed by atoms with Crippen molar-refractivity contribution in [2.45, 2.75) is 22.8 Å². The summed E-state index contributed by atoms with van der Waals surface area (Å²) in [4.78, 5) is 0. The van der Waals surface area contributed by atoms with E-state index in [0.717, 1.165) is 0 Å². The maximum absolute atomic E-state index is 12.1. The second-order valence-corrected chi connectivity index (χ2v) is 6.12. The van der Waals surface area contributed by atoms with Crippen molar-refractivity contribution in [1.82, 2.24) is 0 Å². The molecule has 0 rings (SSSR count). The van der Waals surface area contributed by atoms with E-state index in [0.29, 0.717) is 0 Å². The number of halogens is 12. The van der Waals surface area contributed by atoms with Gasteiger partial charge in [-0.1, -0.05) is 0 Å². The Kier molecular flexibility index (Phi) is 3.78. The average molecular weight is 349 g/mol. The van der Waals surface area contributed by atoms with Gasteiger partial charge in [-0.25, -0.2) is 0 Å². The van der Waals surface area contributed by atoms with Crippen LogP contribution in [0.15, 0.2) is 0 Å². The summed E-state index contributed by atoms with van der Waals surface area (Å²) in [5, 5.41) is 0. The van der Waals surface area contributed by atoms with Gasteiger partial charge in [0, 0.05) is 0 Å². The van der Waals surface area contributed by atoms with Gasteiger partial charge in [0.1, 0.15) is 0 Å². The molecule has 0 amide bonds. The van der Waals surface area contributed by atoms with E-state index in [1.54, 1.807) is 0 Å². The van der Waals surface area contributed by atoms with E-state index in [1.807, 2.05) is 0 Å². The minimum absolute atomic E-state index is 7.23. The molecule has 0 atom stereocenters. The quantitative estimate of drug-likeness (QED) is 0.537. The first kappa shape index (κ1) is 16.7. The van der Waals surface area contributed by atoms with E-state index < -0.39 is 37.4 Å². The molecule has 0 aliphatic heterocycles. The first-order valence-electron chi connectivity index (χ1n) is 3.27. The summed E-state index contributed by atoms with van der Waals surface area (Å²) in [6, 6.07) is 0. The monoisotopic (exact) mass is 350 g/mol. The van der Waals surface area contributed by atoms with Gasteiger partial charge in [-0.15, -0.1) is 0 Å². The molecule has 0 spiro atoms. The van der Waals surface area contributed by atoms with Crippen LogP contribution in [0.2, 0.25) is 0 Å². The molecule has 0 N–H and O–H groups in total. The molecule has 0 radical (unpaired) electrons. The Balaban J connectivity index is 5.73. The van der Waals surface area contributed by atoms with Crippen LogP contribution < -0.4 is 0 Å². The molecule has 0 saturated carbocycles. The van der Waals surface area contributed by atoms with Crippen molar-refractivity contribution in [1.29, 1.82) is 0 Å². The van der Waals surface area contributed by atoms with Crippen LogP contribution in [0.5, 0.6) is 0 Å². The maximum atomic E-state index is 12.1. The van der Waals surface area contributed by atoms with E-state index in [9.17, 15) is 50.0 Å².